The lowest BCUT2D eigenvalue weighted by atomic mass is 10.1. The zero-order chi connectivity index (χ0) is 17.4. The van der Waals surface area contributed by atoms with E-state index in [4.69, 9.17) is 5.11 Å². The molecule has 0 radical (unpaired) electrons. The molecule has 2 amide bonds. The fourth-order valence-corrected chi connectivity index (χ4v) is 3.53. The van der Waals surface area contributed by atoms with E-state index in [1.54, 1.807) is 6.92 Å². The van der Waals surface area contributed by atoms with Crippen LogP contribution in [-0.2, 0) is 14.8 Å². The Bertz CT molecular complexity index is 786. The summed E-state index contributed by atoms with van der Waals surface area (Å²) in [7, 11) is -2.82. The number of hydrogen-bond acceptors (Lipinski definition) is 5. The van der Waals surface area contributed by atoms with E-state index in [0.29, 0.717) is 6.42 Å². The molecule has 1 aliphatic rings. The highest BCUT2D eigenvalue weighted by molar-refractivity contribution is 7.89. The SMILES string of the molecule is CCCC(NS(=O)(=O)c1ccc2c(c1)C(=O)N(C)C2=O)C(=O)O. The number of rotatable bonds is 6. The third-order valence-corrected chi connectivity index (χ3v) is 5.01. The van der Waals surface area contributed by atoms with Gasteiger partial charge in [0, 0.05) is 7.05 Å². The van der Waals surface area contributed by atoms with Gasteiger partial charge < -0.3 is 5.11 Å². The summed E-state index contributed by atoms with van der Waals surface area (Å²) in [6.07, 6.45) is 0.626. The molecule has 8 nitrogen and oxygen atoms in total. The maximum absolute atomic E-state index is 12.3. The molecule has 23 heavy (non-hydrogen) atoms. The van der Waals surface area contributed by atoms with Crippen molar-refractivity contribution in [3.8, 4) is 0 Å². The summed E-state index contributed by atoms with van der Waals surface area (Å²) < 4.78 is 26.7. The van der Waals surface area contributed by atoms with Gasteiger partial charge in [-0.3, -0.25) is 19.3 Å². The van der Waals surface area contributed by atoms with Crippen molar-refractivity contribution >= 4 is 27.8 Å². The number of hydrogen-bond donors (Lipinski definition) is 2. The van der Waals surface area contributed by atoms with Crippen LogP contribution >= 0.6 is 0 Å². The van der Waals surface area contributed by atoms with E-state index in [1.807, 2.05) is 0 Å². The van der Waals surface area contributed by atoms with Gasteiger partial charge in [0.25, 0.3) is 11.8 Å². The predicted molar refractivity (Wildman–Crippen MR) is 79.5 cm³/mol. The fraction of sp³-hybridized carbons (Fsp3) is 0.357. The molecule has 0 spiro atoms. The Labute approximate surface area is 133 Å². The Morgan fingerprint density at radius 2 is 1.87 bits per heavy atom. The maximum atomic E-state index is 12.3. The van der Waals surface area contributed by atoms with Crippen molar-refractivity contribution in [1.29, 1.82) is 0 Å². The minimum Gasteiger partial charge on any atom is -0.480 e. The number of amides is 2. The highest BCUT2D eigenvalue weighted by Crippen LogP contribution is 2.24. The lowest BCUT2D eigenvalue weighted by Gasteiger charge is -2.14. The second-order valence-electron chi connectivity index (χ2n) is 5.18. The van der Waals surface area contributed by atoms with Crippen LogP contribution in [0.5, 0.6) is 0 Å². The quantitative estimate of drug-likeness (QED) is 0.725. The van der Waals surface area contributed by atoms with E-state index >= 15 is 0 Å². The number of carbonyl (C=O) groups excluding carboxylic acids is 2. The van der Waals surface area contributed by atoms with Gasteiger partial charge in [0.1, 0.15) is 6.04 Å². The fourth-order valence-electron chi connectivity index (χ4n) is 2.28. The van der Waals surface area contributed by atoms with Crippen molar-refractivity contribution in [2.24, 2.45) is 0 Å². The van der Waals surface area contributed by atoms with Crippen molar-refractivity contribution in [3.63, 3.8) is 0 Å². The van der Waals surface area contributed by atoms with E-state index < -0.39 is 33.8 Å². The molecule has 2 N–H and O–H groups in total. The molecule has 124 valence electrons. The van der Waals surface area contributed by atoms with E-state index in [0.717, 1.165) is 11.0 Å². The van der Waals surface area contributed by atoms with Crippen LogP contribution in [0.25, 0.3) is 0 Å². The first-order valence-corrected chi connectivity index (χ1v) is 8.39. The Morgan fingerprint density at radius 3 is 2.43 bits per heavy atom. The molecule has 0 saturated carbocycles. The zero-order valence-electron chi connectivity index (χ0n) is 12.6. The Balaban J connectivity index is 2.37. The summed E-state index contributed by atoms with van der Waals surface area (Å²) in [5.74, 6) is -2.37. The first-order chi connectivity index (χ1) is 10.7. The first-order valence-electron chi connectivity index (χ1n) is 6.90. The van der Waals surface area contributed by atoms with Crippen LogP contribution < -0.4 is 4.72 Å². The molecule has 0 fully saturated rings. The predicted octanol–water partition coefficient (Wildman–Crippen LogP) is 0.444. The number of fused-ring (bicyclic) bond motifs is 1. The average molecular weight is 340 g/mol. The maximum Gasteiger partial charge on any atom is 0.321 e. The summed E-state index contributed by atoms with van der Waals surface area (Å²) in [5, 5.41) is 9.05. The van der Waals surface area contributed by atoms with Gasteiger partial charge in [-0.15, -0.1) is 0 Å². The molecule has 1 atom stereocenters. The molecule has 1 aromatic rings. The number of sulfonamides is 1. The molecule has 1 heterocycles. The van der Waals surface area contributed by atoms with Gasteiger partial charge in [0.2, 0.25) is 10.0 Å². The highest BCUT2D eigenvalue weighted by atomic mass is 32.2. The second kappa shape index (κ2) is 6.09. The van der Waals surface area contributed by atoms with Gasteiger partial charge in [0.05, 0.1) is 16.0 Å². The third kappa shape index (κ3) is 3.10. The van der Waals surface area contributed by atoms with Gasteiger partial charge >= 0.3 is 5.97 Å². The number of aliphatic carboxylic acids is 1. The van der Waals surface area contributed by atoms with Crippen LogP contribution in [0.4, 0.5) is 0 Å². The molecule has 0 aromatic heterocycles. The lowest BCUT2D eigenvalue weighted by Crippen LogP contribution is -2.40. The van der Waals surface area contributed by atoms with Crippen LogP contribution in [0.15, 0.2) is 23.1 Å². The standard InChI is InChI=1S/C14H16N2O6S/c1-3-4-11(14(19)20)15-23(21,22)8-5-6-9-10(7-8)13(18)16(2)12(9)17/h5-7,11,15H,3-4H2,1-2H3,(H,19,20). The van der Waals surface area contributed by atoms with E-state index in [9.17, 15) is 22.8 Å². The van der Waals surface area contributed by atoms with Crippen LogP contribution in [-0.4, -0.2) is 49.3 Å². The molecular formula is C14H16N2O6S. The van der Waals surface area contributed by atoms with E-state index in [1.165, 1.54) is 19.2 Å². The first kappa shape index (κ1) is 17.1. The van der Waals surface area contributed by atoms with Gasteiger partial charge in [-0.25, -0.2) is 8.42 Å². The number of nitrogens with one attached hydrogen (secondary N) is 1. The molecule has 0 bridgehead atoms. The number of nitrogens with zero attached hydrogens (tertiary/aromatic N) is 1. The zero-order valence-corrected chi connectivity index (χ0v) is 13.4. The number of imide groups is 1. The lowest BCUT2D eigenvalue weighted by molar-refractivity contribution is -0.139. The molecule has 2 rings (SSSR count). The smallest absolute Gasteiger partial charge is 0.321 e. The van der Waals surface area contributed by atoms with Crippen LogP contribution in [0, 0.1) is 0 Å². The van der Waals surface area contributed by atoms with Crippen LogP contribution in [0.2, 0.25) is 0 Å². The molecule has 1 aromatic carbocycles. The van der Waals surface area contributed by atoms with Gasteiger partial charge in [-0.05, 0) is 24.6 Å². The molecule has 0 saturated heterocycles. The Morgan fingerprint density at radius 1 is 1.26 bits per heavy atom. The Kier molecular flexibility index (Phi) is 4.53. The summed E-state index contributed by atoms with van der Waals surface area (Å²) in [4.78, 5) is 35.4. The average Bonchev–Trinajstić information content (AvgIpc) is 2.71. The van der Waals surface area contributed by atoms with Crippen molar-refractivity contribution in [2.45, 2.75) is 30.7 Å². The monoisotopic (exact) mass is 340 g/mol. The van der Waals surface area contributed by atoms with Crippen molar-refractivity contribution in [1.82, 2.24) is 9.62 Å². The van der Waals surface area contributed by atoms with E-state index in [-0.39, 0.29) is 22.4 Å². The summed E-state index contributed by atoms with van der Waals surface area (Å²) >= 11 is 0. The minimum absolute atomic E-state index is 0.0114. The Hall–Kier alpha value is -2.26. The van der Waals surface area contributed by atoms with Crippen molar-refractivity contribution < 1.29 is 27.9 Å². The molecule has 0 aliphatic carbocycles. The van der Waals surface area contributed by atoms with Crippen LogP contribution in [0.3, 0.4) is 0 Å². The highest BCUT2D eigenvalue weighted by Gasteiger charge is 2.34. The number of carbonyl (C=O) groups is 3. The van der Waals surface area contributed by atoms with E-state index in [2.05, 4.69) is 4.72 Å². The summed E-state index contributed by atoms with van der Waals surface area (Å²) in [6, 6.07) is 2.27. The summed E-state index contributed by atoms with van der Waals surface area (Å²) in [5.41, 5.74) is 0.113. The largest absolute Gasteiger partial charge is 0.480 e. The van der Waals surface area contributed by atoms with Crippen LogP contribution in [0.1, 0.15) is 40.5 Å². The molecule has 9 heteroatoms. The van der Waals surface area contributed by atoms with Gasteiger partial charge in [0.15, 0.2) is 0 Å². The number of benzene rings is 1. The van der Waals surface area contributed by atoms with Gasteiger partial charge in [-0.1, -0.05) is 13.3 Å². The topological polar surface area (TPSA) is 121 Å². The minimum atomic E-state index is -4.12. The normalized spacial score (nSPS) is 15.7. The third-order valence-electron chi connectivity index (χ3n) is 3.54. The van der Waals surface area contributed by atoms with Gasteiger partial charge in [-0.2, -0.15) is 4.72 Å². The number of carboxylic acids is 1. The van der Waals surface area contributed by atoms with Crippen molar-refractivity contribution in [3.05, 3.63) is 29.3 Å². The summed E-state index contributed by atoms with van der Waals surface area (Å²) in [6.45, 7) is 1.74. The number of carboxylic acid groups (broad SMARTS) is 1. The van der Waals surface area contributed by atoms with Crippen molar-refractivity contribution in [2.75, 3.05) is 7.05 Å². The molecule has 1 unspecified atom stereocenters. The second-order valence-corrected chi connectivity index (χ2v) is 6.89. The molecule has 1 aliphatic heterocycles. The molecular weight excluding hydrogens is 324 g/mol.